The number of benzene rings is 2. The number of amidine groups is 1. The molecule has 1 unspecified atom stereocenters. The maximum Gasteiger partial charge on any atom is 0.255 e. The summed E-state index contributed by atoms with van der Waals surface area (Å²) in [4.78, 5) is 119. The molecule has 6 amide bonds. The molecule has 2 aromatic carbocycles. The van der Waals surface area contributed by atoms with Gasteiger partial charge in [-0.25, -0.2) is 19.9 Å². The Labute approximate surface area is 471 Å². The van der Waals surface area contributed by atoms with Crippen molar-refractivity contribution in [3.63, 3.8) is 0 Å². The first kappa shape index (κ1) is 57.8. The summed E-state index contributed by atoms with van der Waals surface area (Å²) < 4.78 is 5.45. The highest BCUT2D eigenvalue weighted by Crippen LogP contribution is 2.42. The largest absolute Gasteiger partial charge is 0.494 e. The first-order valence-corrected chi connectivity index (χ1v) is 28.3. The van der Waals surface area contributed by atoms with Gasteiger partial charge in [-0.3, -0.25) is 43.9 Å². The molecule has 22 nitrogen and oxygen atoms in total. The van der Waals surface area contributed by atoms with Gasteiger partial charge in [0.15, 0.2) is 11.5 Å². The number of hydrogen-bond donors (Lipinski definition) is 6. The quantitative estimate of drug-likeness (QED) is 0.0135. The fourth-order valence-electron chi connectivity index (χ4n) is 9.59. The number of hydrogen-bond acceptors (Lipinski definition) is 17. The van der Waals surface area contributed by atoms with Crippen molar-refractivity contribution < 1.29 is 38.3 Å². The number of carbonyl (C=O) groups is 7. The van der Waals surface area contributed by atoms with Crippen molar-refractivity contribution in [2.24, 2.45) is 27.4 Å². The van der Waals surface area contributed by atoms with E-state index in [-0.39, 0.29) is 90.8 Å². The second-order valence-corrected chi connectivity index (χ2v) is 22.7. The lowest BCUT2D eigenvalue weighted by Crippen LogP contribution is -2.52. The number of primary amides is 1. The number of amides is 6. The summed E-state index contributed by atoms with van der Waals surface area (Å²) in [7, 11) is 6.27. The van der Waals surface area contributed by atoms with E-state index in [1.807, 2.05) is 30.3 Å². The number of aliphatic imine (C=N–C) groups is 2. The monoisotopic (exact) mass is 1120 g/mol. The number of pyridine rings is 3. The molecule has 2 saturated heterocycles. The first-order valence-electron chi connectivity index (χ1n) is 26.1. The average Bonchev–Trinajstić information content (AvgIpc) is 3.83. The minimum absolute atomic E-state index is 0.0332. The van der Waals surface area contributed by atoms with Gasteiger partial charge in [0.25, 0.3) is 11.8 Å². The number of fused-ring (bicyclic) bond motifs is 1. The first-order chi connectivity index (χ1) is 38.5. The highest BCUT2D eigenvalue weighted by Gasteiger charge is 2.41. The van der Waals surface area contributed by atoms with Crippen molar-refractivity contribution in [2.75, 3.05) is 62.4 Å². The summed E-state index contributed by atoms with van der Waals surface area (Å²) >= 11 is 0. The number of piperazine rings is 1. The van der Waals surface area contributed by atoms with Crippen LogP contribution < -0.4 is 42.4 Å². The lowest BCUT2D eigenvalue weighted by molar-refractivity contribution is -0.137. The van der Waals surface area contributed by atoms with Crippen molar-refractivity contribution in [1.29, 1.82) is 0 Å². The van der Waals surface area contributed by atoms with Crippen LogP contribution in [0.3, 0.4) is 0 Å². The van der Waals surface area contributed by atoms with E-state index >= 15 is 0 Å². The summed E-state index contributed by atoms with van der Waals surface area (Å²) in [6, 6.07) is 20.5. The molecule has 3 aromatic heterocycles. The van der Waals surface area contributed by atoms with E-state index in [0.29, 0.717) is 84.5 Å². The van der Waals surface area contributed by atoms with E-state index in [1.54, 1.807) is 82.2 Å². The summed E-state index contributed by atoms with van der Waals surface area (Å²) in [5.41, 5.74) is 15.8. The fourth-order valence-corrected chi connectivity index (χ4v) is 11.8. The Balaban J connectivity index is 0.909. The number of anilines is 5. The molecule has 0 radical (unpaired) electrons. The molecule has 8 N–H and O–H groups in total. The van der Waals surface area contributed by atoms with Gasteiger partial charge in [0.2, 0.25) is 23.6 Å². The number of piperidine rings is 1. The molecule has 2 atom stereocenters. The van der Waals surface area contributed by atoms with Crippen LogP contribution in [0.5, 0.6) is 5.75 Å². The second kappa shape index (κ2) is 26.5. The molecule has 5 aromatic rings. The number of para-hydroxylation sites is 1. The molecule has 6 heterocycles. The SMILES string of the molecule is CN=CN=C(N)c1cccc(Nc2cc(Nc3ccc(C(=O)CC[C@@H](CCNC(=O)CCC(C)(C)SSc4ccccn4)C(=O)N4CCN(c5cccc6c5CN(C5CCC(=O)NC5=O)C6=O)CC4)cn3)ncc2C(N)=O)c1OC. The Kier molecular flexibility index (Phi) is 19.2. The summed E-state index contributed by atoms with van der Waals surface area (Å²) in [5.74, 6) is -1.72. The molecule has 24 heteroatoms. The van der Waals surface area contributed by atoms with Crippen LogP contribution in [0.25, 0.3) is 0 Å². The molecule has 0 aliphatic carbocycles. The van der Waals surface area contributed by atoms with Crippen LogP contribution in [-0.2, 0) is 25.7 Å². The van der Waals surface area contributed by atoms with Crippen molar-refractivity contribution >= 4 is 104 Å². The normalized spacial score (nSPS) is 16.1. The lowest BCUT2D eigenvalue weighted by Gasteiger charge is -2.38. The summed E-state index contributed by atoms with van der Waals surface area (Å²) in [6.45, 7) is 6.34. The van der Waals surface area contributed by atoms with Crippen molar-refractivity contribution in [3.8, 4) is 5.75 Å². The number of nitrogens with one attached hydrogen (secondary N) is 4. The molecule has 0 bridgehead atoms. The van der Waals surface area contributed by atoms with E-state index in [9.17, 15) is 33.6 Å². The highest BCUT2D eigenvalue weighted by atomic mass is 33.1. The lowest BCUT2D eigenvalue weighted by atomic mass is 9.94. The zero-order valence-corrected chi connectivity index (χ0v) is 46.5. The number of nitrogens with two attached hydrogens (primary N) is 2. The molecule has 418 valence electrons. The van der Waals surface area contributed by atoms with Gasteiger partial charge in [-0.05, 0) is 98.9 Å². The van der Waals surface area contributed by atoms with Gasteiger partial charge in [-0.1, -0.05) is 29.0 Å². The average molecular weight is 1130 g/mol. The minimum Gasteiger partial charge on any atom is -0.494 e. The Bertz CT molecular complexity index is 3190. The number of ketones is 1. The van der Waals surface area contributed by atoms with E-state index in [1.165, 1.54) is 30.7 Å². The van der Waals surface area contributed by atoms with Gasteiger partial charge in [-0.15, -0.1) is 0 Å². The maximum atomic E-state index is 14.5. The molecule has 80 heavy (non-hydrogen) atoms. The standard InChI is InChI=1S/C56H64N14O8S2/c1-56(2,80-79-49-13-5-6-23-61-49)22-20-47(72)60-24-21-34(54(76)69-27-25-68(26-28-69)42-12-8-9-36-39(42)32-70(55(36)77)43-16-19-48(73)67-53(43)75)14-17-44(71)35-15-18-45(62-30-35)66-46-29-41(38(31-63-46)52(58)74)65-40-11-7-10-37(50(40)78-4)51(57)64-33-59-3/h5-13,15,18,23,29-31,33-34,43H,14,16-17,19-22,24-28,32H2,1-4H3,(H2,58,74)(H,60,72)(H2,57,59,64)(H,67,73,75)(H2,62,63,65,66)/t34-,43?/m0/s1. The third kappa shape index (κ3) is 14.5. The number of aromatic nitrogens is 3. The minimum atomic E-state index is -0.740. The van der Waals surface area contributed by atoms with Crippen molar-refractivity contribution in [1.82, 2.24) is 35.4 Å². The van der Waals surface area contributed by atoms with Gasteiger partial charge < -0.3 is 46.9 Å². The van der Waals surface area contributed by atoms with Crippen LogP contribution in [0.15, 0.2) is 106 Å². The second-order valence-electron chi connectivity index (χ2n) is 19.8. The van der Waals surface area contributed by atoms with Crippen LogP contribution in [0.4, 0.5) is 28.7 Å². The van der Waals surface area contributed by atoms with Gasteiger partial charge in [-0.2, -0.15) is 0 Å². The molecule has 2 fully saturated rings. The van der Waals surface area contributed by atoms with E-state index in [4.69, 9.17) is 16.2 Å². The molecular weight excluding hydrogens is 1060 g/mol. The van der Waals surface area contributed by atoms with Gasteiger partial charge in [0.1, 0.15) is 34.9 Å². The Morgan fingerprint density at radius 1 is 0.887 bits per heavy atom. The van der Waals surface area contributed by atoms with Crippen LogP contribution in [-0.4, -0.2) is 136 Å². The Hall–Kier alpha value is -8.38. The molecule has 8 rings (SSSR count). The van der Waals surface area contributed by atoms with Gasteiger partial charge in [0.05, 0.1) is 29.6 Å². The maximum absolute atomic E-state index is 14.5. The van der Waals surface area contributed by atoms with Gasteiger partial charge >= 0.3 is 0 Å². The fraction of sp³-hybridized carbons (Fsp3) is 0.357. The third-order valence-corrected chi connectivity index (χ3v) is 17.2. The van der Waals surface area contributed by atoms with Crippen LogP contribution in [0.1, 0.15) is 101 Å². The summed E-state index contributed by atoms with van der Waals surface area (Å²) in [6.07, 6.45) is 7.71. The predicted molar refractivity (Wildman–Crippen MR) is 309 cm³/mol. The Morgan fingerprint density at radius 3 is 2.39 bits per heavy atom. The van der Waals surface area contributed by atoms with Gasteiger partial charge in [0, 0.05) is 123 Å². The number of rotatable bonds is 24. The van der Waals surface area contributed by atoms with E-state index in [2.05, 4.69) is 65.0 Å². The van der Waals surface area contributed by atoms with Crippen molar-refractivity contribution in [2.45, 2.75) is 81.2 Å². The zero-order chi connectivity index (χ0) is 56.9. The Morgan fingerprint density at radius 2 is 1.68 bits per heavy atom. The number of methoxy groups -OCH3 is 1. The van der Waals surface area contributed by atoms with Crippen LogP contribution in [0, 0.1) is 5.92 Å². The number of carbonyl (C=O) groups excluding carboxylic acids is 7. The predicted octanol–water partition coefficient (Wildman–Crippen LogP) is 6.02. The number of imide groups is 1. The summed E-state index contributed by atoms with van der Waals surface area (Å²) in [5, 5.41) is 12.6. The number of Topliss-reactive ketones (excluding diaryl/α,β-unsaturated/α-hetero) is 1. The molecule has 0 spiro atoms. The molecular formula is C56H64N14O8S2. The third-order valence-electron chi connectivity index (χ3n) is 13.9. The molecule has 0 saturated carbocycles. The van der Waals surface area contributed by atoms with E-state index in [0.717, 1.165) is 16.3 Å². The van der Waals surface area contributed by atoms with Crippen LogP contribution in [0.2, 0.25) is 0 Å². The van der Waals surface area contributed by atoms with Crippen LogP contribution >= 0.6 is 21.6 Å². The smallest absolute Gasteiger partial charge is 0.255 e. The van der Waals surface area contributed by atoms with E-state index < -0.39 is 23.8 Å². The number of ether oxygens (including phenoxy) is 1. The molecule has 3 aliphatic heterocycles. The topological polar surface area (TPSA) is 302 Å². The molecule has 3 aliphatic rings. The number of nitrogens with zero attached hydrogens (tertiary/aromatic N) is 8. The highest BCUT2D eigenvalue weighted by molar-refractivity contribution is 8.77. The van der Waals surface area contributed by atoms with Crippen molar-refractivity contribution in [3.05, 3.63) is 119 Å². The zero-order valence-electron chi connectivity index (χ0n) is 44.9.